The molecule has 1 N–H and O–H groups in total. The number of rotatable bonds is 7. The standard InChI is InChI=1S/C15H25N3O2/c1-11(2)7-16-8-13-9-17-15(18-12(13)3)20-10-14-5-4-6-19-14/h9,11,14,16H,4-8,10H2,1-3H3. The molecule has 0 bridgehead atoms. The fourth-order valence-electron chi connectivity index (χ4n) is 2.15. The van der Waals surface area contributed by atoms with Gasteiger partial charge >= 0.3 is 6.01 Å². The van der Waals surface area contributed by atoms with Crippen LogP contribution in [0.3, 0.4) is 0 Å². The fourth-order valence-corrected chi connectivity index (χ4v) is 2.15. The highest BCUT2D eigenvalue weighted by atomic mass is 16.5. The van der Waals surface area contributed by atoms with E-state index in [1.165, 1.54) is 0 Å². The number of hydrogen-bond donors (Lipinski definition) is 1. The number of nitrogens with one attached hydrogen (secondary N) is 1. The Kier molecular flexibility index (Phi) is 5.73. The first kappa shape index (κ1) is 15.2. The number of nitrogens with zero attached hydrogens (tertiary/aromatic N) is 2. The SMILES string of the molecule is Cc1nc(OCC2CCCO2)ncc1CNCC(C)C. The molecule has 1 aromatic rings. The van der Waals surface area contributed by atoms with Crippen molar-refractivity contribution < 1.29 is 9.47 Å². The highest BCUT2D eigenvalue weighted by molar-refractivity contribution is 5.17. The largest absolute Gasteiger partial charge is 0.461 e. The molecule has 112 valence electrons. The molecule has 0 radical (unpaired) electrons. The summed E-state index contributed by atoms with van der Waals surface area (Å²) in [6.07, 6.45) is 4.23. The third-order valence-electron chi connectivity index (χ3n) is 3.35. The van der Waals surface area contributed by atoms with Crippen molar-refractivity contribution in [1.29, 1.82) is 0 Å². The molecule has 5 nitrogen and oxygen atoms in total. The van der Waals surface area contributed by atoms with Crippen LogP contribution in [-0.2, 0) is 11.3 Å². The summed E-state index contributed by atoms with van der Waals surface area (Å²) < 4.78 is 11.1. The number of aryl methyl sites for hydroxylation is 1. The van der Waals surface area contributed by atoms with Crippen molar-refractivity contribution >= 4 is 0 Å². The maximum absolute atomic E-state index is 5.60. The van der Waals surface area contributed by atoms with Crippen LogP contribution in [0.15, 0.2) is 6.20 Å². The molecule has 1 saturated heterocycles. The number of hydrogen-bond acceptors (Lipinski definition) is 5. The highest BCUT2D eigenvalue weighted by Gasteiger charge is 2.16. The maximum Gasteiger partial charge on any atom is 0.316 e. The third-order valence-corrected chi connectivity index (χ3v) is 3.35. The van der Waals surface area contributed by atoms with Crippen molar-refractivity contribution in [2.75, 3.05) is 19.8 Å². The lowest BCUT2D eigenvalue weighted by Gasteiger charge is -2.12. The van der Waals surface area contributed by atoms with E-state index in [1.54, 1.807) is 0 Å². The lowest BCUT2D eigenvalue weighted by Crippen LogP contribution is -2.20. The summed E-state index contributed by atoms with van der Waals surface area (Å²) in [5.74, 6) is 0.644. The zero-order valence-electron chi connectivity index (χ0n) is 12.7. The van der Waals surface area contributed by atoms with Crippen molar-refractivity contribution in [3.8, 4) is 6.01 Å². The van der Waals surface area contributed by atoms with Gasteiger partial charge < -0.3 is 14.8 Å². The monoisotopic (exact) mass is 279 g/mol. The van der Waals surface area contributed by atoms with Crippen LogP contribution in [0.2, 0.25) is 0 Å². The van der Waals surface area contributed by atoms with Gasteiger partial charge in [-0.2, -0.15) is 0 Å². The summed E-state index contributed by atoms with van der Waals surface area (Å²) in [5.41, 5.74) is 2.09. The molecule has 1 atom stereocenters. The van der Waals surface area contributed by atoms with Crippen LogP contribution in [-0.4, -0.2) is 35.8 Å². The van der Waals surface area contributed by atoms with Crippen LogP contribution in [0.4, 0.5) is 0 Å². The zero-order chi connectivity index (χ0) is 14.4. The van der Waals surface area contributed by atoms with Crippen molar-refractivity contribution in [2.45, 2.75) is 46.3 Å². The topological polar surface area (TPSA) is 56.3 Å². The Morgan fingerprint density at radius 2 is 2.35 bits per heavy atom. The summed E-state index contributed by atoms with van der Waals surface area (Å²) in [5, 5.41) is 3.40. The molecule has 1 unspecified atom stereocenters. The van der Waals surface area contributed by atoms with Crippen LogP contribution in [0.5, 0.6) is 6.01 Å². The Balaban J connectivity index is 1.81. The van der Waals surface area contributed by atoms with E-state index < -0.39 is 0 Å². The van der Waals surface area contributed by atoms with E-state index in [1.807, 2.05) is 13.1 Å². The smallest absolute Gasteiger partial charge is 0.316 e. The van der Waals surface area contributed by atoms with Crippen LogP contribution in [0.1, 0.15) is 37.9 Å². The van der Waals surface area contributed by atoms with E-state index in [9.17, 15) is 0 Å². The van der Waals surface area contributed by atoms with Gasteiger partial charge in [0.2, 0.25) is 0 Å². The Bertz CT molecular complexity index is 418. The molecule has 0 saturated carbocycles. The quantitative estimate of drug-likeness (QED) is 0.828. The maximum atomic E-state index is 5.60. The van der Waals surface area contributed by atoms with Crippen molar-refractivity contribution in [3.63, 3.8) is 0 Å². The Labute approximate surface area is 121 Å². The molecule has 0 aliphatic carbocycles. The molecule has 5 heteroatoms. The van der Waals surface area contributed by atoms with E-state index in [4.69, 9.17) is 9.47 Å². The minimum Gasteiger partial charge on any atom is -0.461 e. The molecule has 1 aliphatic heterocycles. The molecule has 0 amide bonds. The molecule has 1 aromatic heterocycles. The molecule has 0 aromatic carbocycles. The van der Waals surface area contributed by atoms with Gasteiger partial charge in [0.1, 0.15) is 6.61 Å². The molecular weight excluding hydrogens is 254 g/mol. The van der Waals surface area contributed by atoms with Gasteiger partial charge in [0.25, 0.3) is 0 Å². The summed E-state index contributed by atoms with van der Waals surface area (Å²) in [6.45, 7) is 9.56. The van der Waals surface area contributed by atoms with Crippen molar-refractivity contribution in [3.05, 3.63) is 17.5 Å². The fraction of sp³-hybridized carbons (Fsp3) is 0.733. The van der Waals surface area contributed by atoms with E-state index >= 15 is 0 Å². The lowest BCUT2D eigenvalue weighted by atomic mass is 10.2. The van der Waals surface area contributed by atoms with Gasteiger partial charge in [-0.3, -0.25) is 0 Å². The minimum absolute atomic E-state index is 0.200. The van der Waals surface area contributed by atoms with Gasteiger partial charge in [0.05, 0.1) is 6.10 Å². The van der Waals surface area contributed by atoms with Gasteiger partial charge in [0, 0.05) is 30.6 Å². The van der Waals surface area contributed by atoms with Crippen LogP contribution >= 0.6 is 0 Å². The summed E-state index contributed by atoms with van der Waals surface area (Å²) in [6, 6.07) is 0.450. The molecule has 2 heterocycles. The van der Waals surface area contributed by atoms with Gasteiger partial charge in [-0.25, -0.2) is 9.97 Å². The first-order valence-electron chi connectivity index (χ1n) is 7.42. The van der Waals surface area contributed by atoms with E-state index in [0.717, 1.165) is 43.8 Å². The second kappa shape index (κ2) is 7.55. The van der Waals surface area contributed by atoms with E-state index in [2.05, 4.69) is 29.1 Å². The van der Waals surface area contributed by atoms with Gasteiger partial charge in [-0.05, 0) is 32.2 Å². The average molecular weight is 279 g/mol. The first-order valence-corrected chi connectivity index (χ1v) is 7.42. The zero-order valence-corrected chi connectivity index (χ0v) is 12.7. The van der Waals surface area contributed by atoms with Gasteiger partial charge in [-0.1, -0.05) is 13.8 Å². The molecule has 1 fully saturated rings. The Hall–Kier alpha value is -1.20. The Morgan fingerprint density at radius 3 is 3.00 bits per heavy atom. The van der Waals surface area contributed by atoms with Crippen molar-refractivity contribution in [1.82, 2.24) is 15.3 Å². The van der Waals surface area contributed by atoms with E-state index in [0.29, 0.717) is 18.5 Å². The van der Waals surface area contributed by atoms with Crippen LogP contribution in [0, 0.1) is 12.8 Å². The van der Waals surface area contributed by atoms with Crippen molar-refractivity contribution in [2.24, 2.45) is 5.92 Å². The summed E-state index contributed by atoms with van der Waals surface area (Å²) in [7, 11) is 0. The predicted octanol–water partition coefficient (Wildman–Crippen LogP) is 2.09. The Morgan fingerprint density at radius 1 is 1.50 bits per heavy atom. The first-order chi connectivity index (χ1) is 9.65. The normalized spacial score (nSPS) is 18.7. The second-order valence-corrected chi connectivity index (χ2v) is 5.73. The summed E-state index contributed by atoms with van der Waals surface area (Å²) in [4.78, 5) is 8.67. The van der Waals surface area contributed by atoms with E-state index in [-0.39, 0.29) is 6.10 Å². The van der Waals surface area contributed by atoms with Gasteiger partial charge in [-0.15, -0.1) is 0 Å². The number of ether oxygens (including phenoxy) is 2. The molecule has 20 heavy (non-hydrogen) atoms. The third kappa shape index (κ3) is 4.72. The molecular formula is C15H25N3O2. The number of aromatic nitrogens is 2. The highest BCUT2D eigenvalue weighted by Crippen LogP contribution is 2.14. The van der Waals surface area contributed by atoms with Crippen LogP contribution < -0.4 is 10.1 Å². The minimum atomic E-state index is 0.200. The molecule has 1 aliphatic rings. The van der Waals surface area contributed by atoms with Crippen LogP contribution in [0.25, 0.3) is 0 Å². The molecule has 2 rings (SSSR count). The predicted molar refractivity (Wildman–Crippen MR) is 77.8 cm³/mol. The summed E-state index contributed by atoms with van der Waals surface area (Å²) >= 11 is 0. The average Bonchev–Trinajstić information content (AvgIpc) is 2.91. The van der Waals surface area contributed by atoms with Gasteiger partial charge in [0.15, 0.2) is 0 Å². The lowest BCUT2D eigenvalue weighted by molar-refractivity contribution is 0.0644. The second-order valence-electron chi connectivity index (χ2n) is 5.73. The molecule has 0 spiro atoms.